The van der Waals surface area contributed by atoms with Gasteiger partial charge in [-0.05, 0) is 49.2 Å². The summed E-state index contributed by atoms with van der Waals surface area (Å²) in [6.07, 6.45) is 0.247. The third-order valence-corrected chi connectivity index (χ3v) is 6.46. The highest BCUT2D eigenvalue weighted by molar-refractivity contribution is 7.99. The number of amides is 2. The predicted octanol–water partition coefficient (Wildman–Crippen LogP) is 3.94. The number of nitrogens with zero attached hydrogens (tertiary/aromatic N) is 3. The molecule has 2 amide bonds. The van der Waals surface area contributed by atoms with E-state index in [4.69, 9.17) is 16.3 Å². The van der Waals surface area contributed by atoms with E-state index in [0.29, 0.717) is 21.7 Å². The number of thioether (sulfide) groups is 1. The van der Waals surface area contributed by atoms with Gasteiger partial charge in [0.25, 0.3) is 0 Å². The maximum Gasteiger partial charge on any atom is 0.234 e. The Bertz CT molecular complexity index is 1130. The van der Waals surface area contributed by atoms with Crippen LogP contribution in [0.3, 0.4) is 0 Å². The summed E-state index contributed by atoms with van der Waals surface area (Å²) >= 11 is 7.37. The smallest absolute Gasteiger partial charge is 0.234 e. The lowest BCUT2D eigenvalue weighted by molar-refractivity contribution is -0.121. The third-order valence-electron chi connectivity index (χ3n) is 5.03. The van der Waals surface area contributed by atoms with E-state index >= 15 is 0 Å². The van der Waals surface area contributed by atoms with Gasteiger partial charge in [0.2, 0.25) is 11.8 Å². The van der Waals surface area contributed by atoms with E-state index in [-0.39, 0.29) is 30.0 Å². The fourth-order valence-electron chi connectivity index (χ4n) is 3.17. The highest BCUT2D eigenvalue weighted by Gasteiger charge is 2.19. The second-order valence-corrected chi connectivity index (χ2v) is 8.81. The number of methoxy groups -OCH3 is 1. The number of anilines is 1. The average molecular weight is 488 g/mol. The van der Waals surface area contributed by atoms with Crippen molar-refractivity contribution in [2.75, 3.05) is 18.2 Å². The number of ether oxygens (including phenoxy) is 1. The highest BCUT2D eigenvalue weighted by atomic mass is 35.5. The fourth-order valence-corrected chi connectivity index (χ4v) is 4.07. The van der Waals surface area contributed by atoms with E-state index in [0.717, 1.165) is 16.9 Å². The Hall–Kier alpha value is -3.04. The lowest BCUT2D eigenvalue weighted by Gasteiger charge is -2.14. The molecular formula is C23H26ClN5O3S. The van der Waals surface area contributed by atoms with Crippen molar-refractivity contribution in [3.8, 4) is 5.75 Å². The Kier molecular flexibility index (Phi) is 8.35. The van der Waals surface area contributed by atoms with Gasteiger partial charge in [-0.15, -0.1) is 10.2 Å². The number of rotatable bonds is 9. The Morgan fingerprint density at radius 1 is 1.15 bits per heavy atom. The van der Waals surface area contributed by atoms with E-state index in [9.17, 15) is 9.59 Å². The summed E-state index contributed by atoms with van der Waals surface area (Å²) in [7, 11) is 3.41. The second-order valence-electron chi connectivity index (χ2n) is 7.46. The van der Waals surface area contributed by atoms with Gasteiger partial charge in [-0.1, -0.05) is 41.6 Å². The summed E-state index contributed by atoms with van der Waals surface area (Å²) in [5.41, 5.74) is 2.38. The fraction of sp³-hybridized carbons (Fsp3) is 0.304. The van der Waals surface area contributed by atoms with Crippen LogP contribution in [0.25, 0.3) is 0 Å². The predicted molar refractivity (Wildman–Crippen MR) is 130 cm³/mol. The number of nitrogens with one attached hydrogen (secondary N) is 2. The molecule has 10 heteroatoms. The molecule has 0 saturated carbocycles. The van der Waals surface area contributed by atoms with Gasteiger partial charge in [0, 0.05) is 17.8 Å². The molecule has 1 atom stereocenters. The van der Waals surface area contributed by atoms with Gasteiger partial charge in [-0.3, -0.25) is 9.59 Å². The number of halogens is 1. The SMILES string of the molecule is COc1ccc(CC(=O)N[C@@H](C)c2nnc(SCC(=O)Nc3cccc(Cl)c3C)n2C)cc1. The number of hydrogen-bond donors (Lipinski definition) is 2. The molecule has 0 radical (unpaired) electrons. The van der Waals surface area contributed by atoms with Gasteiger partial charge in [0.1, 0.15) is 5.75 Å². The molecule has 0 aliphatic carbocycles. The number of carbonyl (C=O) groups excluding carboxylic acids is 2. The van der Waals surface area contributed by atoms with E-state index in [1.807, 2.05) is 45.2 Å². The molecule has 2 N–H and O–H groups in total. The minimum Gasteiger partial charge on any atom is -0.497 e. The number of hydrogen-bond acceptors (Lipinski definition) is 6. The zero-order valence-electron chi connectivity index (χ0n) is 18.9. The lowest BCUT2D eigenvalue weighted by Crippen LogP contribution is -2.29. The summed E-state index contributed by atoms with van der Waals surface area (Å²) in [6, 6.07) is 12.4. The van der Waals surface area contributed by atoms with Crippen LogP contribution in [0.4, 0.5) is 5.69 Å². The second kappa shape index (κ2) is 11.2. The quantitative estimate of drug-likeness (QED) is 0.444. The Morgan fingerprint density at radius 2 is 1.88 bits per heavy atom. The van der Waals surface area contributed by atoms with Crippen LogP contribution in [0.15, 0.2) is 47.6 Å². The number of carbonyl (C=O) groups is 2. The third kappa shape index (κ3) is 6.49. The summed E-state index contributed by atoms with van der Waals surface area (Å²) in [6.45, 7) is 3.70. The zero-order chi connectivity index (χ0) is 24.0. The Labute approximate surface area is 202 Å². The summed E-state index contributed by atoms with van der Waals surface area (Å²) in [4.78, 5) is 24.8. The summed E-state index contributed by atoms with van der Waals surface area (Å²) < 4.78 is 6.91. The minimum absolute atomic E-state index is 0.124. The first-order valence-corrected chi connectivity index (χ1v) is 11.6. The maximum atomic E-state index is 12.4. The van der Waals surface area contributed by atoms with Gasteiger partial charge in [0.05, 0.1) is 25.3 Å². The standard InChI is InChI=1S/C23H26ClN5O3S/c1-14-18(24)6-5-7-19(14)26-21(31)13-33-23-28-27-22(29(23)3)15(2)25-20(30)12-16-8-10-17(32-4)11-9-16/h5-11,15H,12-13H2,1-4H3,(H,25,30)(H,26,31)/t15-/m0/s1. The van der Waals surface area contributed by atoms with E-state index in [1.54, 1.807) is 29.9 Å². The Balaban J connectivity index is 1.54. The van der Waals surface area contributed by atoms with Crippen molar-refractivity contribution in [1.82, 2.24) is 20.1 Å². The molecule has 8 nitrogen and oxygen atoms in total. The van der Waals surface area contributed by atoms with Crippen LogP contribution in [-0.2, 0) is 23.1 Å². The van der Waals surface area contributed by atoms with Gasteiger partial charge in [0.15, 0.2) is 11.0 Å². The molecule has 0 aliphatic rings. The van der Waals surface area contributed by atoms with Crippen molar-refractivity contribution < 1.29 is 14.3 Å². The van der Waals surface area contributed by atoms with Gasteiger partial charge < -0.3 is 19.9 Å². The molecule has 0 fully saturated rings. The van der Waals surface area contributed by atoms with Crippen molar-refractivity contribution in [2.45, 2.75) is 31.5 Å². The van der Waals surface area contributed by atoms with Crippen LogP contribution >= 0.6 is 23.4 Å². The highest BCUT2D eigenvalue weighted by Crippen LogP contribution is 2.24. The van der Waals surface area contributed by atoms with Gasteiger partial charge >= 0.3 is 0 Å². The van der Waals surface area contributed by atoms with Crippen molar-refractivity contribution in [3.63, 3.8) is 0 Å². The molecule has 3 aromatic rings. The molecule has 0 aliphatic heterocycles. The molecule has 2 aromatic carbocycles. The van der Waals surface area contributed by atoms with E-state index in [2.05, 4.69) is 20.8 Å². The molecule has 0 bridgehead atoms. The first-order chi connectivity index (χ1) is 15.8. The summed E-state index contributed by atoms with van der Waals surface area (Å²) in [5, 5.41) is 15.3. The summed E-state index contributed by atoms with van der Waals surface area (Å²) in [5.74, 6) is 1.22. The lowest BCUT2D eigenvalue weighted by atomic mass is 10.1. The van der Waals surface area contributed by atoms with Crippen LogP contribution in [0.2, 0.25) is 5.02 Å². The van der Waals surface area contributed by atoms with Crippen molar-refractivity contribution in [1.29, 1.82) is 0 Å². The average Bonchev–Trinajstić information content (AvgIpc) is 3.16. The minimum atomic E-state index is -0.342. The molecular weight excluding hydrogens is 462 g/mol. The largest absolute Gasteiger partial charge is 0.497 e. The molecule has 1 heterocycles. The van der Waals surface area contributed by atoms with Gasteiger partial charge in [-0.25, -0.2) is 0 Å². The van der Waals surface area contributed by atoms with Crippen LogP contribution in [0.1, 0.15) is 29.9 Å². The van der Waals surface area contributed by atoms with Crippen molar-refractivity contribution in [3.05, 3.63) is 64.4 Å². The number of benzene rings is 2. The monoisotopic (exact) mass is 487 g/mol. The van der Waals surface area contributed by atoms with Crippen LogP contribution in [-0.4, -0.2) is 39.4 Å². The first-order valence-electron chi connectivity index (χ1n) is 10.3. The van der Waals surface area contributed by atoms with Crippen LogP contribution in [0, 0.1) is 6.92 Å². The Morgan fingerprint density at radius 3 is 2.58 bits per heavy atom. The topological polar surface area (TPSA) is 98.1 Å². The molecule has 0 spiro atoms. The van der Waals surface area contributed by atoms with E-state index < -0.39 is 0 Å². The number of aromatic nitrogens is 3. The molecule has 174 valence electrons. The zero-order valence-corrected chi connectivity index (χ0v) is 20.5. The van der Waals surface area contributed by atoms with Crippen LogP contribution < -0.4 is 15.4 Å². The van der Waals surface area contributed by atoms with Crippen LogP contribution in [0.5, 0.6) is 5.75 Å². The first kappa shape index (κ1) is 24.6. The van der Waals surface area contributed by atoms with E-state index in [1.165, 1.54) is 11.8 Å². The molecule has 33 heavy (non-hydrogen) atoms. The molecule has 3 rings (SSSR count). The van der Waals surface area contributed by atoms with Gasteiger partial charge in [-0.2, -0.15) is 0 Å². The van der Waals surface area contributed by atoms with Crippen molar-refractivity contribution in [2.24, 2.45) is 7.05 Å². The molecule has 1 aromatic heterocycles. The molecule has 0 unspecified atom stereocenters. The maximum absolute atomic E-state index is 12.4. The van der Waals surface area contributed by atoms with Crippen molar-refractivity contribution >= 4 is 40.9 Å². The normalized spacial score (nSPS) is 11.7. The molecule has 0 saturated heterocycles.